The highest BCUT2D eigenvalue weighted by Gasteiger charge is 2.29. The summed E-state index contributed by atoms with van der Waals surface area (Å²) in [6.07, 6.45) is 2.21. The number of carbonyl (C=O) groups excluding carboxylic acids is 2. The minimum Gasteiger partial charge on any atom is -0.355 e. The largest absolute Gasteiger partial charge is 0.355 e. The average molecular weight is 227 g/mol. The monoisotopic (exact) mass is 227 g/mol. The quantitative estimate of drug-likeness (QED) is 0.656. The first-order valence-electron chi connectivity index (χ1n) is 5.83. The second-order valence-electron chi connectivity index (χ2n) is 4.23. The lowest BCUT2D eigenvalue weighted by Gasteiger charge is -2.18. The fraction of sp³-hybridized carbons (Fsp3) is 0.818. The van der Waals surface area contributed by atoms with Crippen LogP contribution in [-0.4, -0.2) is 48.9 Å². The first-order chi connectivity index (χ1) is 7.56. The third kappa shape index (κ3) is 3.81. The number of rotatable bonds is 6. The Morgan fingerprint density at radius 2 is 2.06 bits per heavy atom. The van der Waals surface area contributed by atoms with Crippen LogP contribution < -0.4 is 10.6 Å². The zero-order chi connectivity index (χ0) is 12.1. The zero-order valence-electron chi connectivity index (χ0n) is 10.2. The number of nitrogens with zero attached hydrogens (tertiary/aromatic N) is 1. The molecule has 0 saturated heterocycles. The van der Waals surface area contributed by atoms with Crippen LogP contribution in [0.2, 0.25) is 0 Å². The van der Waals surface area contributed by atoms with E-state index >= 15 is 0 Å². The van der Waals surface area contributed by atoms with Crippen molar-refractivity contribution in [3.8, 4) is 0 Å². The normalized spacial score (nSPS) is 16.7. The molecule has 5 heteroatoms. The summed E-state index contributed by atoms with van der Waals surface area (Å²) < 4.78 is 0. The Bertz CT molecular complexity index is 264. The van der Waals surface area contributed by atoms with Crippen molar-refractivity contribution in [2.75, 3.05) is 20.1 Å². The first-order valence-corrected chi connectivity index (χ1v) is 5.83. The summed E-state index contributed by atoms with van der Waals surface area (Å²) >= 11 is 0. The van der Waals surface area contributed by atoms with Crippen LogP contribution in [0.1, 0.15) is 26.7 Å². The lowest BCUT2D eigenvalue weighted by Crippen LogP contribution is -2.46. The van der Waals surface area contributed by atoms with E-state index in [1.54, 1.807) is 11.8 Å². The predicted octanol–water partition coefficient (Wildman–Crippen LogP) is -0.279. The van der Waals surface area contributed by atoms with E-state index in [1.165, 1.54) is 0 Å². The minimum absolute atomic E-state index is 0.0543. The fourth-order valence-electron chi connectivity index (χ4n) is 1.45. The van der Waals surface area contributed by atoms with Crippen molar-refractivity contribution in [3.05, 3.63) is 0 Å². The second-order valence-corrected chi connectivity index (χ2v) is 4.23. The molecule has 1 aliphatic rings. The maximum absolute atomic E-state index is 11.6. The lowest BCUT2D eigenvalue weighted by molar-refractivity contribution is -0.129. The molecule has 1 unspecified atom stereocenters. The Hall–Kier alpha value is -1.10. The van der Waals surface area contributed by atoms with Gasteiger partial charge in [-0.2, -0.15) is 0 Å². The first kappa shape index (κ1) is 13.0. The molecule has 0 aromatic carbocycles. The molecule has 5 nitrogen and oxygen atoms in total. The van der Waals surface area contributed by atoms with Crippen LogP contribution in [0.15, 0.2) is 0 Å². The summed E-state index contributed by atoms with van der Waals surface area (Å²) in [4.78, 5) is 24.8. The van der Waals surface area contributed by atoms with E-state index in [0.717, 1.165) is 12.8 Å². The topological polar surface area (TPSA) is 61.4 Å². The SMILES string of the molecule is CCNC(=O)C(C)NCC(=O)N(C)C1CC1. The molecule has 2 N–H and O–H groups in total. The average Bonchev–Trinajstić information content (AvgIpc) is 3.08. The van der Waals surface area contributed by atoms with Gasteiger partial charge in [0.15, 0.2) is 0 Å². The molecule has 0 bridgehead atoms. The van der Waals surface area contributed by atoms with Crippen LogP contribution >= 0.6 is 0 Å². The minimum atomic E-state index is -0.323. The van der Waals surface area contributed by atoms with Crippen molar-refractivity contribution in [2.24, 2.45) is 0 Å². The molecular weight excluding hydrogens is 206 g/mol. The Morgan fingerprint density at radius 3 is 2.56 bits per heavy atom. The molecule has 16 heavy (non-hydrogen) atoms. The molecule has 2 amide bonds. The van der Waals surface area contributed by atoms with Crippen LogP contribution in [0.5, 0.6) is 0 Å². The van der Waals surface area contributed by atoms with E-state index in [-0.39, 0.29) is 24.4 Å². The van der Waals surface area contributed by atoms with Crippen LogP contribution in [0.25, 0.3) is 0 Å². The highest BCUT2D eigenvalue weighted by atomic mass is 16.2. The highest BCUT2D eigenvalue weighted by Crippen LogP contribution is 2.24. The summed E-state index contributed by atoms with van der Waals surface area (Å²) in [5.74, 6) is -0.0111. The van der Waals surface area contributed by atoms with Gasteiger partial charge in [-0.3, -0.25) is 14.9 Å². The van der Waals surface area contributed by atoms with Gasteiger partial charge in [-0.25, -0.2) is 0 Å². The second kappa shape index (κ2) is 5.84. The predicted molar refractivity (Wildman–Crippen MR) is 61.9 cm³/mol. The van der Waals surface area contributed by atoms with E-state index in [2.05, 4.69) is 10.6 Å². The van der Waals surface area contributed by atoms with Gasteiger partial charge in [-0.15, -0.1) is 0 Å². The van der Waals surface area contributed by atoms with E-state index in [0.29, 0.717) is 12.6 Å². The number of likely N-dealkylation sites (N-methyl/N-ethyl adjacent to an activating group) is 2. The van der Waals surface area contributed by atoms with Crippen LogP contribution in [0.3, 0.4) is 0 Å². The van der Waals surface area contributed by atoms with Crippen molar-refractivity contribution in [3.63, 3.8) is 0 Å². The molecule has 0 spiro atoms. The van der Waals surface area contributed by atoms with Crippen molar-refractivity contribution in [1.29, 1.82) is 0 Å². The molecule has 0 aromatic heterocycles. The van der Waals surface area contributed by atoms with Crippen molar-refractivity contribution in [2.45, 2.75) is 38.8 Å². The van der Waals surface area contributed by atoms with Gasteiger partial charge in [0.2, 0.25) is 11.8 Å². The van der Waals surface area contributed by atoms with Crippen molar-refractivity contribution < 1.29 is 9.59 Å². The number of hydrogen-bond donors (Lipinski definition) is 2. The van der Waals surface area contributed by atoms with Gasteiger partial charge in [0.25, 0.3) is 0 Å². The molecule has 1 saturated carbocycles. The van der Waals surface area contributed by atoms with Gasteiger partial charge in [0, 0.05) is 19.6 Å². The van der Waals surface area contributed by atoms with Crippen LogP contribution in [0, 0.1) is 0 Å². The molecule has 0 heterocycles. The zero-order valence-corrected chi connectivity index (χ0v) is 10.2. The number of amides is 2. The molecule has 1 atom stereocenters. The van der Waals surface area contributed by atoms with E-state index in [9.17, 15) is 9.59 Å². The molecule has 0 aliphatic heterocycles. The molecule has 0 aromatic rings. The summed E-state index contributed by atoms with van der Waals surface area (Å²) in [5.41, 5.74) is 0. The smallest absolute Gasteiger partial charge is 0.236 e. The Labute approximate surface area is 96.6 Å². The summed E-state index contributed by atoms with van der Waals surface area (Å²) in [5, 5.41) is 5.63. The molecule has 92 valence electrons. The van der Waals surface area contributed by atoms with Crippen molar-refractivity contribution >= 4 is 11.8 Å². The van der Waals surface area contributed by atoms with Gasteiger partial charge in [0.1, 0.15) is 0 Å². The van der Waals surface area contributed by atoms with E-state index in [1.807, 2.05) is 14.0 Å². The third-order valence-corrected chi connectivity index (χ3v) is 2.79. The van der Waals surface area contributed by atoms with Crippen LogP contribution in [-0.2, 0) is 9.59 Å². The van der Waals surface area contributed by atoms with Gasteiger partial charge in [0.05, 0.1) is 12.6 Å². The van der Waals surface area contributed by atoms with E-state index < -0.39 is 0 Å². The maximum Gasteiger partial charge on any atom is 0.236 e. The number of carbonyl (C=O) groups is 2. The Kier molecular flexibility index (Phi) is 4.73. The van der Waals surface area contributed by atoms with Gasteiger partial charge in [-0.05, 0) is 26.7 Å². The lowest BCUT2D eigenvalue weighted by atomic mass is 10.3. The maximum atomic E-state index is 11.6. The Balaban J connectivity index is 2.22. The van der Waals surface area contributed by atoms with Gasteiger partial charge >= 0.3 is 0 Å². The summed E-state index contributed by atoms with van der Waals surface area (Å²) in [6.45, 7) is 4.47. The van der Waals surface area contributed by atoms with Crippen molar-refractivity contribution in [1.82, 2.24) is 15.5 Å². The molecule has 1 fully saturated rings. The number of hydrogen-bond acceptors (Lipinski definition) is 3. The molecule has 1 rings (SSSR count). The molecular formula is C11H21N3O2. The van der Waals surface area contributed by atoms with E-state index in [4.69, 9.17) is 0 Å². The molecule has 0 radical (unpaired) electrons. The number of nitrogens with one attached hydrogen (secondary N) is 2. The standard InChI is InChI=1S/C11H21N3O2/c1-4-12-11(16)8(2)13-7-10(15)14(3)9-5-6-9/h8-9,13H,4-7H2,1-3H3,(H,12,16). The third-order valence-electron chi connectivity index (χ3n) is 2.79. The highest BCUT2D eigenvalue weighted by molar-refractivity contribution is 5.83. The van der Waals surface area contributed by atoms with Crippen LogP contribution in [0.4, 0.5) is 0 Å². The summed E-state index contributed by atoms with van der Waals surface area (Å²) in [6, 6.07) is 0.102. The summed E-state index contributed by atoms with van der Waals surface area (Å²) in [7, 11) is 1.82. The fourth-order valence-corrected chi connectivity index (χ4v) is 1.45. The Morgan fingerprint density at radius 1 is 1.44 bits per heavy atom. The van der Waals surface area contributed by atoms with Gasteiger partial charge in [-0.1, -0.05) is 0 Å². The van der Waals surface area contributed by atoms with Gasteiger partial charge < -0.3 is 10.2 Å². The molecule has 1 aliphatic carbocycles.